The molecule has 0 saturated heterocycles. The van der Waals surface area contributed by atoms with E-state index in [2.05, 4.69) is 50.7 Å². The van der Waals surface area contributed by atoms with Crippen LogP contribution in [-0.4, -0.2) is 33.5 Å². The van der Waals surface area contributed by atoms with Crippen LogP contribution in [-0.2, 0) is 13.0 Å². The first kappa shape index (κ1) is 83.2. The fourth-order valence-corrected chi connectivity index (χ4v) is 13.3. The van der Waals surface area contributed by atoms with Gasteiger partial charge in [0.25, 0.3) is 0 Å². The van der Waals surface area contributed by atoms with Gasteiger partial charge in [-0.2, -0.15) is 15.8 Å². The summed E-state index contributed by atoms with van der Waals surface area (Å²) in [7, 11) is 1.67. The van der Waals surface area contributed by atoms with Crippen molar-refractivity contribution in [2.45, 2.75) is 297 Å². The number of benzene rings is 2. The van der Waals surface area contributed by atoms with Crippen LogP contribution in [0.5, 0.6) is 28.1 Å². The Kier molecular flexibility index (Phi) is 51.9. The molecular formula is C83H122N4O5S3. The molecule has 5 aromatic rings. The lowest BCUT2D eigenvalue weighted by atomic mass is 9.97. The van der Waals surface area contributed by atoms with Crippen molar-refractivity contribution in [1.29, 1.82) is 15.8 Å². The molecule has 95 heavy (non-hydrogen) atoms. The Bertz CT molecular complexity index is 2690. The predicted molar refractivity (Wildman–Crippen MR) is 408 cm³/mol. The molecule has 0 atom stereocenters. The van der Waals surface area contributed by atoms with Crippen molar-refractivity contribution in [3.8, 4) is 46.3 Å². The Morgan fingerprint density at radius 1 is 0.400 bits per heavy atom. The second-order valence-corrected chi connectivity index (χ2v) is 28.1. The summed E-state index contributed by atoms with van der Waals surface area (Å²) in [6, 6.07) is 26.8. The number of hydrogen-bond acceptors (Lipinski definition) is 11. The average molecular weight is 1350 g/mol. The minimum absolute atomic E-state index is 0.273. The maximum Gasteiger partial charge on any atom is 0.243 e. The molecule has 5 rings (SSSR count). The number of hydrogen-bond donors (Lipinski definition) is 0. The number of rotatable bonds is 55. The van der Waals surface area contributed by atoms with Gasteiger partial charge in [-0.1, -0.05) is 271 Å². The molecular weight excluding hydrogens is 1230 g/mol. The van der Waals surface area contributed by atoms with E-state index in [1.165, 1.54) is 218 Å². The zero-order valence-electron chi connectivity index (χ0n) is 59.7. The van der Waals surface area contributed by atoms with Crippen molar-refractivity contribution >= 4 is 57.3 Å². The van der Waals surface area contributed by atoms with Crippen molar-refractivity contribution in [2.24, 2.45) is 0 Å². The van der Waals surface area contributed by atoms with Crippen molar-refractivity contribution < 1.29 is 23.7 Å². The molecule has 0 aliphatic carbocycles. The molecule has 9 nitrogen and oxygen atoms in total. The Labute approximate surface area is 590 Å². The second-order valence-electron chi connectivity index (χ2n) is 25.2. The lowest BCUT2D eigenvalue weighted by Gasteiger charge is -2.18. The molecule has 3 aromatic heterocycles. The molecule has 2 aromatic carbocycles. The van der Waals surface area contributed by atoms with Gasteiger partial charge in [0.1, 0.15) is 23.0 Å². The minimum atomic E-state index is 0.273. The van der Waals surface area contributed by atoms with Crippen LogP contribution < -0.4 is 23.7 Å². The highest BCUT2D eigenvalue weighted by Crippen LogP contribution is 2.39. The van der Waals surface area contributed by atoms with Gasteiger partial charge in [0, 0.05) is 26.4 Å². The quantitative estimate of drug-likeness (QED) is 0.0214. The third-order valence-electron chi connectivity index (χ3n) is 17.0. The first-order valence-electron chi connectivity index (χ1n) is 37.3. The van der Waals surface area contributed by atoms with Crippen LogP contribution in [0.25, 0.3) is 28.1 Å². The normalized spacial score (nSPS) is 11.1. The number of nitriles is 3. The average Bonchev–Trinajstić information content (AvgIpc) is 0.875. The molecule has 0 bridgehead atoms. The summed E-state index contributed by atoms with van der Waals surface area (Å²) in [5.41, 5.74) is 4.22. The fourth-order valence-electron chi connectivity index (χ4n) is 11.4. The predicted octanol–water partition coefficient (Wildman–Crippen LogP) is 27.1. The monoisotopic (exact) mass is 1350 g/mol. The Balaban J connectivity index is 0.000000461. The highest BCUT2D eigenvalue weighted by atomic mass is 32.1. The van der Waals surface area contributed by atoms with Gasteiger partial charge in [0.05, 0.1) is 74.9 Å². The van der Waals surface area contributed by atoms with E-state index < -0.39 is 0 Å². The summed E-state index contributed by atoms with van der Waals surface area (Å²) in [4.78, 5) is 5.62. The molecule has 12 heteroatoms. The van der Waals surface area contributed by atoms with Gasteiger partial charge in [-0.05, 0) is 103 Å². The highest BCUT2D eigenvalue weighted by Gasteiger charge is 2.20. The van der Waals surface area contributed by atoms with E-state index >= 15 is 0 Å². The van der Waals surface area contributed by atoms with Gasteiger partial charge in [-0.15, -0.1) is 34.0 Å². The van der Waals surface area contributed by atoms with E-state index in [0.29, 0.717) is 66.6 Å². The highest BCUT2D eigenvalue weighted by molar-refractivity contribution is 7.12. The largest absolute Gasteiger partial charge is 0.493 e. The summed E-state index contributed by atoms with van der Waals surface area (Å²) in [6.45, 7) is 19.1. The van der Waals surface area contributed by atoms with E-state index in [4.69, 9.17) is 30.3 Å². The number of thiophene rings is 3. The summed E-state index contributed by atoms with van der Waals surface area (Å²) in [5.74, 6) is 2.73. The van der Waals surface area contributed by atoms with E-state index in [1.54, 1.807) is 41.1 Å². The van der Waals surface area contributed by atoms with Gasteiger partial charge in [0.2, 0.25) is 6.54 Å². The van der Waals surface area contributed by atoms with E-state index in [1.807, 2.05) is 89.0 Å². The summed E-state index contributed by atoms with van der Waals surface area (Å²) < 4.78 is 30.0. The molecule has 0 amide bonds. The number of unbranched alkanes of at least 4 members (excludes halogenated alkanes) is 36. The van der Waals surface area contributed by atoms with E-state index in [9.17, 15) is 15.8 Å². The van der Waals surface area contributed by atoms with E-state index in [-0.39, 0.29) is 6.54 Å². The number of allylic oxidation sites excluding steroid dienone is 2. The van der Waals surface area contributed by atoms with Crippen LogP contribution in [0, 0.1) is 40.6 Å². The molecule has 0 aliphatic heterocycles. The van der Waals surface area contributed by atoms with Gasteiger partial charge in [-0.3, -0.25) is 0 Å². The van der Waals surface area contributed by atoms with Gasteiger partial charge >= 0.3 is 0 Å². The number of methoxy groups -OCH3 is 1. The third kappa shape index (κ3) is 40.3. The molecule has 3 heterocycles. The molecule has 522 valence electrons. The lowest BCUT2D eigenvalue weighted by molar-refractivity contribution is 0.292. The second kappa shape index (κ2) is 59.3. The first-order chi connectivity index (χ1) is 46.9. The molecule has 0 saturated carbocycles. The number of nitrogens with zero attached hydrogens (tertiary/aromatic N) is 4. The Morgan fingerprint density at radius 2 is 0.705 bits per heavy atom. The maximum absolute atomic E-state index is 10.4. The topological polar surface area (TPSA) is 122 Å². The fraction of sp³-hybridized carbons (Fsp3) is 0.614. The minimum Gasteiger partial charge on any atom is -0.493 e. The Hall–Kier alpha value is -6.02. The van der Waals surface area contributed by atoms with Crippen LogP contribution in [0.3, 0.4) is 0 Å². The van der Waals surface area contributed by atoms with Crippen LogP contribution in [0.15, 0.2) is 76.8 Å². The standard InChI is InChI=1S/C44H60N2O2S2.C34H56N2O2.C5H6OS/c1-3-5-7-9-11-13-15-17-19-21-27-47-43-33-42(38(36-46)32-40-26-24-30-50-40)44(34-41(43)37(35-45)31-39-25-23-29-49-39)48-28-22-20-18-16-14-12-10-8-6-4-2;1-4-6-8-10-12-14-16-18-20-22-26-37-33-29-32(30-36-3)34(28-31(33)24-25-35)38-27-23-21-19-17-15-13-11-9-7-5-2;1-6-5-3-2-4-7-5/h23-26,29-34H,3-22,27-28H2,1-2H3;28-29H,4-24,26-27,30H2,1-2H3;2-4H,1H3/b37-31+,38-32+;;. The SMILES string of the molecule is CCCCCCCCCCCCOc1cc(/C(C#N)=C/c2cccs2)c(OCCCCCCCCCCCC)cc1/C(C#N)=C/c1cccs1.COc1cccs1.[C-]#[N+]Cc1cc(OCCCCCCCCCCCC)c(CC#N)cc1OCCCCCCCCCCCC. The summed E-state index contributed by atoms with van der Waals surface area (Å²) in [5, 5.41) is 37.0. The zero-order chi connectivity index (χ0) is 68.1. The van der Waals surface area contributed by atoms with Gasteiger partial charge in [-0.25, -0.2) is 6.57 Å². The van der Waals surface area contributed by atoms with Gasteiger partial charge in [0.15, 0.2) is 5.06 Å². The van der Waals surface area contributed by atoms with Crippen LogP contribution in [0.2, 0.25) is 0 Å². The van der Waals surface area contributed by atoms with Crippen molar-refractivity contribution in [2.75, 3.05) is 33.5 Å². The number of ether oxygens (including phenoxy) is 5. The summed E-state index contributed by atoms with van der Waals surface area (Å²) in [6.07, 6.45) is 55.1. The van der Waals surface area contributed by atoms with Crippen molar-refractivity contribution in [3.05, 3.63) is 120 Å². The zero-order valence-corrected chi connectivity index (χ0v) is 62.2. The van der Waals surface area contributed by atoms with Crippen molar-refractivity contribution in [1.82, 2.24) is 0 Å². The molecule has 0 spiro atoms. The molecule has 0 unspecified atom stereocenters. The van der Waals surface area contributed by atoms with Gasteiger partial charge < -0.3 is 28.5 Å². The smallest absolute Gasteiger partial charge is 0.243 e. The maximum atomic E-state index is 10.4. The van der Waals surface area contributed by atoms with Crippen LogP contribution >= 0.6 is 34.0 Å². The molecule has 0 fully saturated rings. The lowest BCUT2D eigenvalue weighted by Crippen LogP contribution is -2.05. The van der Waals surface area contributed by atoms with Crippen molar-refractivity contribution in [3.63, 3.8) is 0 Å². The Morgan fingerprint density at radius 3 is 0.979 bits per heavy atom. The van der Waals surface area contributed by atoms with Crippen LogP contribution in [0.4, 0.5) is 0 Å². The first-order valence-corrected chi connectivity index (χ1v) is 40.0. The molecule has 0 radical (unpaired) electrons. The third-order valence-corrected chi connectivity index (χ3v) is 19.5. The summed E-state index contributed by atoms with van der Waals surface area (Å²) >= 11 is 4.80. The van der Waals surface area contributed by atoms with Crippen LogP contribution in [0.1, 0.15) is 317 Å². The molecule has 0 aliphatic rings. The van der Waals surface area contributed by atoms with E-state index in [0.717, 1.165) is 76.0 Å². The molecule has 0 N–H and O–H groups in total.